The molecule has 5 aromatic rings. The minimum absolute atomic E-state index is 0.548. The van der Waals surface area contributed by atoms with E-state index in [2.05, 4.69) is 31.1 Å². The topological polar surface area (TPSA) is 60.9 Å². The van der Waals surface area contributed by atoms with Gasteiger partial charge in [-0.05, 0) is 23.6 Å². The normalized spacial score (nSPS) is 11.6. The first kappa shape index (κ1) is 15.5. The van der Waals surface area contributed by atoms with Crippen LogP contribution < -0.4 is 0 Å². The molecule has 0 aliphatic carbocycles. The van der Waals surface area contributed by atoms with Gasteiger partial charge in [0.15, 0.2) is 5.65 Å². The summed E-state index contributed by atoms with van der Waals surface area (Å²) in [7, 11) is 1.80. The standard InChI is InChI=1S/C18H13ClN6S/c1-24-15(19)10-13(23-24)17-18-22-21-16(9-11-5-4-8-26-11)25(18)14-7-3-2-6-12(14)20-17/h2-8,10H,9H2,1H3. The quantitative estimate of drug-likeness (QED) is 0.475. The van der Waals surface area contributed by atoms with Crippen molar-refractivity contribution in [3.05, 3.63) is 63.7 Å². The molecule has 0 bridgehead atoms. The number of aromatic nitrogens is 6. The molecule has 4 aromatic heterocycles. The monoisotopic (exact) mass is 380 g/mol. The predicted molar refractivity (Wildman–Crippen MR) is 103 cm³/mol. The highest BCUT2D eigenvalue weighted by Gasteiger charge is 2.19. The molecule has 0 saturated carbocycles. The molecule has 128 valence electrons. The first-order chi connectivity index (χ1) is 12.7. The number of rotatable bonds is 3. The SMILES string of the molecule is Cn1nc(-c2nc3ccccc3n3c(Cc4cccs4)nnc23)cc1Cl. The molecule has 0 aliphatic heterocycles. The summed E-state index contributed by atoms with van der Waals surface area (Å²) in [5.74, 6) is 0.879. The number of hydrogen-bond donors (Lipinski definition) is 0. The third kappa shape index (κ3) is 2.40. The Hall–Kier alpha value is -2.77. The van der Waals surface area contributed by atoms with Crippen LogP contribution in [-0.2, 0) is 13.5 Å². The van der Waals surface area contributed by atoms with Gasteiger partial charge in [-0.25, -0.2) is 4.98 Å². The molecule has 0 atom stereocenters. The van der Waals surface area contributed by atoms with Gasteiger partial charge in [-0.3, -0.25) is 9.08 Å². The fourth-order valence-electron chi connectivity index (χ4n) is 3.06. The third-order valence-electron chi connectivity index (χ3n) is 4.27. The van der Waals surface area contributed by atoms with Crippen LogP contribution in [0.1, 0.15) is 10.7 Å². The van der Waals surface area contributed by atoms with E-state index in [1.165, 1.54) is 4.88 Å². The van der Waals surface area contributed by atoms with E-state index >= 15 is 0 Å². The highest BCUT2D eigenvalue weighted by atomic mass is 35.5. The second kappa shape index (κ2) is 5.89. The van der Waals surface area contributed by atoms with Crippen LogP contribution in [0.4, 0.5) is 0 Å². The zero-order valence-corrected chi connectivity index (χ0v) is 15.4. The number of fused-ring (bicyclic) bond motifs is 3. The molecule has 1 aromatic carbocycles. The Kier molecular flexibility index (Phi) is 3.51. The first-order valence-corrected chi connectivity index (χ1v) is 9.31. The molecule has 0 unspecified atom stereocenters. The first-order valence-electron chi connectivity index (χ1n) is 8.06. The molecule has 0 N–H and O–H groups in total. The average Bonchev–Trinajstić information content (AvgIpc) is 3.37. The van der Waals surface area contributed by atoms with Gasteiger partial charge in [0, 0.05) is 24.4 Å². The maximum absolute atomic E-state index is 6.18. The Balaban J connectivity index is 1.81. The molecule has 26 heavy (non-hydrogen) atoms. The Morgan fingerprint density at radius 3 is 2.77 bits per heavy atom. The second-order valence-corrected chi connectivity index (χ2v) is 7.38. The number of halogens is 1. The third-order valence-corrected chi connectivity index (χ3v) is 5.50. The summed E-state index contributed by atoms with van der Waals surface area (Å²) < 4.78 is 3.69. The lowest BCUT2D eigenvalue weighted by Gasteiger charge is -2.07. The molecule has 0 spiro atoms. The van der Waals surface area contributed by atoms with E-state index in [9.17, 15) is 0 Å². The summed E-state index contributed by atoms with van der Waals surface area (Å²) in [5, 5.41) is 16.0. The molecule has 0 saturated heterocycles. The highest BCUT2D eigenvalue weighted by Crippen LogP contribution is 2.28. The van der Waals surface area contributed by atoms with Gasteiger partial charge >= 0.3 is 0 Å². The van der Waals surface area contributed by atoms with Gasteiger partial charge in [0.05, 0.1) is 11.0 Å². The van der Waals surface area contributed by atoms with Crippen molar-refractivity contribution < 1.29 is 0 Å². The molecule has 0 fully saturated rings. The number of aryl methyl sites for hydroxylation is 1. The summed E-state index contributed by atoms with van der Waals surface area (Å²) in [6, 6.07) is 13.9. The lowest BCUT2D eigenvalue weighted by molar-refractivity contribution is 0.771. The largest absolute Gasteiger partial charge is 0.275 e. The van der Waals surface area contributed by atoms with E-state index in [1.54, 1.807) is 29.1 Å². The maximum Gasteiger partial charge on any atom is 0.189 e. The minimum atomic E-state index is 0.548. The number of nitrogens with zero attached hydrogens (tertiary/aromatic N) is 6. The van der Waals surface area contributed by atoms with Gasteiger partial charge in [-0.2, -0.15) is 5.10 Å². The van der Waals surface area contributed by atoms with Crippen molar-refractivity contribution in [1.82, 2.24) is 29.4 Å². The Bertz CT molecular complexity index is 1220. The maximum atomic E-state index is 6.18. The molecular weight excluding hydrogens is 368 g/mol. The van der Waals surface area contributed by atoms with Gasteiger partial charge in [0.1, 0.15) is 22.4 Å². The average molecular weight is 381 g/mol. The van der Waals surface area contributed by atoms with Crippen molar-refractivity contribution in [2.75, 3.05) is 0 Å². The van der Waals surface area contributed by atoms with E-state index < -0.39 is 0 Å². The van der Waals surface area contributed by atoms with E-state index in [0.717, 1.165) is 23.3 Å². The van der Waals surface area contributed by atoms with Crippen LogP contribution in [0.25, 0.3) is 28.1 Å². The van der Waals surface area contributed by atoms with Crippen molar-refractivity contribution in [2.24, 2.45) is 7.05 Å². The zero-order valence-electron chi connectivity index (χ0n) is 13.8. The number of para-hydroxylation sites is 2. The molecule has 0 aliphatic rings. The summed E-state index contributed by atoms with van der Waals surface area (Å²) >= 11 is 7.89. The number of hydrogen-bond acceptors (Lipinski definition) is 5. The summed E-state index contributed by atoms with van der Waals surface area (Å²) in [6.07, 6.45) is 0.718. The van der Waals surface area contributed by atoms with Gasteiger partial charge in [-0.15, -0.1) is 21.5 Å². The van der Waals surface area contributed by atoms with Crippen LogP contribution in [0, 0.1) is 0 Å². The Labute approximate surface area is 157 Å². The van der Waals surface area contributed by atoms with Gasteiger partial charge in [0.25, 0.3) is 0 Å². The zero-order chi connectivity index (χ0) is 17.7. The van der Waals surface area contributed by atoms with Crippen molar-refractivity contribution in [3.63, 3.8) is 0 Å². The number of benzene rings is 1. The molecular formula is C18H13ClN6S. The fourth-order valence-corrected chi connectivity index (χ4v) is 3.90. The lowest BCUT2D eigenvalue weighted by atomic mass is 10.2. The predicted octanol–water partition coefficient (Wildman–Crippen LogP) is 3.98. The van der Waals surface area contributed by atoms with E-state index in [0.29, 0.717) is 22.2 Å². The van der Waals surface area contributed by atoms with Gasteiger partial charge < -0.3 is 0 Å². The molecule has 0 radical (unpaired) electrons. The van der Waals surface area contributed by atoms with E-state index in [4.69, 9.17) is 16.6 Å². The van der Waals surface area contributed by atoms with E-state index in [-0.39, 0.29) is 0 Å². The lowest BCUT2D eigenvalue weighted by Crippen LogP contribution is -2.01. The second-order valence-electron chi connectivity index (χ2n) is 5.96. The van der Waals surface area contributed by atoms with Crippen molar-refractivity contribution >= 4 is 39.6 Å². The van der Waals surface area contributed by atoms with Crippen LogP contribution in [-0.4, -0.2) is 29.4 Å². The molecule has 6 nitrogen and oxygen atoms in total. The van der Waals surface area contributed by atoms with Crippen LogP contribution >= 0.6 is 22.9 Å². The van der Waals surface area contributed by atoms with Crippen molar-refractivity contribution in [1.29, 1.82) is 0 Å². The molecule has 8 heteroatoms. The minimum Gasteiger partial charge on any atom is -0.275 e. The van der Waals surface area contributed by atoms with Gasteiger partial charge in [0.2, 0.25) is 0 Å². The van der Waals surface area contributed by atoms with Crippen LogP contribution in [0.15, 0.2) is 47.8 Å². The molecule has 0 amide bonds. The smallest absolute Gasteiger partial charge is 0.189 e. The Morgan fingerprint density at radius 1 is 1.12 bits per heavy atom. The van der Waals surface area contributed by atoms with Crippen LogP contribution in [0.3, 0.4) is 0 Å². The van der Waals surface area contributed by atoms with Crippen LogP contribution in [0.5, 0.6) is 0 Å². The summed E-state index contributed by atoms with van der Waals surface area (Å²) in [6.45, 7) is 0. The molecule has 5 rings (SSSR count). The fraction of sp³-hybridized carbons (Fsp3) is 0.111. The molecule has 4 heterocycles. The highest BCUT2D eigenvalue weighted by molar-refractivity contribution is 7.09. The summed E-state index contributed by atoms with van der Waals surface area (Å²) in [4.78, 5) is 6.02. The Morgan fingerprint density at radius 2 is 2.00 bits per heavy atom. The number of thiophene rings is 1. The van der Waals surface area contributed by atoms with Crippen molar-refractivity contribution in [2.45, 2.75) is 6.42 Å². The van der Waals surface area contributed by atoms with E-state index in [1.807, 2.05) is 30.3 Å². The summed E-state index contributed by atoms with van der Waals surface area (Å²) in [5.41, 5.74) is 3.89. The van der Waals surface area contributed by atoms with Crippen LogP contribution in [0.2, 0.25) is 5.15 Å². The van der Waals surface area contributed by atoms with Gasteiger partial charge in [-0.1, -0.05) is 29.8 Å². The van der Waals surface area contributed by atoms with Crippen molar-refractivity contribution in [3.8, 4) is 11.4 Å².